The van der Waals surface area contributed by atoms with Crippen molar-refractivity contribution < 1.29 is 14.2 Å². The molecule has 0 atom stereocenters. The van der Waals surface area contributed by atoms with E-state index in [1.807, 2.05) is 42.5 Å². The molecule has 25 heavy (non-hydrogen) atoms. The second-order valence-corrected chi connectivity index (χ2v) is 5.73. The minimum absolute atomic E-state index is 0.394. The van der Waals surface area contributed by atoms with Crippen LogP contribution in [0, 0.1) is 0 Å². The maximum atomic E-state index is 5.97. The zero-order valence-corrected chi connectivity index (χ0v) is 15.1. The SMILES string of the molecule is C=Cc1ccc(OCCCC)cc1OCC(=C)c1ccc(OC)cc1. The number of methoxy groups -OCH3 is 1. The van der Waals surface area contributed by atoms with Crippen molar-refractivity contribution in [3.63, 3.8) is 0 Å². The second-order valence-electron chi connectivity index (χ2n) is 5.73. The fourth-order valence-corrected chi connectivity index (χ4v) is 2.31. The van der Waals surface area contributed by atoms with Gasteiger partial charge in [-0.3, -0.25) is 0 Å². The summed E-state index contributed by atoms with van der Waals surface area (Å²) in [6.07, 6.45) is 3.92. The van der Waals surface area contributed by atoms with Gasteiger partial charge in [0.1, 0.15) is 23.9 Å². The van der Waals surface area contributed by atoms with Crippen molar-refractivity contribution in [3.8, 4) is 17.2 Å². The van der Waals surface area contributed by atoms with Crippen LogP contribution in [0.2, 0.25) is 0 Å². The van der Waals surface area contributed by atoms with Gasteiger partial charge in [0, 0.05) is 11.6 Å². The van der Waals surface area contributed by atoms with Crippen LogP contribution in [-0.2, 0) is 0 Å². The van der Waals surface area contributed by atoms with Gasteiger partial charge >= 0.3 is 0 Å². The van der Waals surface area contributed by atoms with Crippen molar-refractivity contribution >= 4 is 11.6 Å². The summed E-state index contributed by atoms with van der Waals surface area (Å²) in [4.78, 5) is 0. The third-order valence-corrected chi connectivity index (χ3v) is 3.87. The molecule has 0 fully saturated rings. The number of hydrogen-bond donors (Lipinski definition) is 0. The highest BCUT2D eigenvalue weighted by molar-refractivity contribution is 5.65. The van der Waals surface area contributed by atoms with E-state index in [1.54, 1.807) is 13.2 Å². The smallest absolute Gasteiger partial charge is 0.130 e. The minimum Gasteiger partial charge on any atom is -0.497 e. The van der Waals surface area contributed by atoms with Gasteiger partial charge < -0.3 is 14.2 Å². The summed E-state index contributed by atoms with van der Waals surface area (Å²) in [6.45, 7) is 11.2. The molecule has 2 aromatic carbocycles. The Bertz CT molecular complexity index is 702. The van der Waals surface area contributed by atoms with Crippen molar-refractivity contribution in [1.82, 2.24) is 0 Å². The molecule has 0 saturated heterocycles. The molecule has 0 aliphatic heterocycles. The average Bonchev–Trinajstić information content (AvgIpc) is 2.66. The van der Waals surface area contributed by atoms with Gasteiger partial charge in [-0.2, -0.15) is 0 Å². The summed E-state index contributed by atoms with van der Waals surface area (Å²) in [6, 6.07) is 13.6. The second kappa shape index (κ2) is 9.58. The number of unbranched alkanes of at least 4 members (excludes halogenated alkanes) is 1. The van der Waals surface area contributed by atoms with E-state index in [2.05, 4.69) is 20.1 Å². The highest BCUT2D eigenvalue weighted by Gasteiger charge is 2.06. The molecule has 0 aromatic heterocycles. The molecular weight excluding hydrogens is 312 g/mol. The summed E-state index contributed by atoms with van der Waals surface area (Å²) in [5.41, 5.74) is 2.86. The Balaban J connectivity index is 2.03. The van der Waals surface area contributed by atoms with Crippen molar-refractivity contribution in [2.24, 2.45) is 0 Å². The zero-order valence-electron chi connectivity index (χ0n) is 15.1. The van der Waals surface area contributed by atoms with Crippen LogP contribution in [0.4, 0.5) is 0 Å². The molecule has 0 amide bonds. The normalized spacial score (nSPS) is 10.2. The predicted molar refractivity (Wildman–Crippen MR) is 104 cm³/mol. The maximum absolute atomic E-state index is 5.97. The first-order valence-electron chi connectivity index (χ1n) is 8.52. The van der Waals surface area contributed by atoms with Crippen LogP contribution >= 0.6 is 0 Å². The summed E-state index contributed by atoms with van der Waals surface area (Å²) in [5.74, 6) is 2.38. The molecule has 0 N–H and O–H groups in total. The Hall–Kier alpha value is -2.68. The molecule has 132 valence electrons. The van der Waals surface area contributed by atoms with Gasteiger partial charge in [-0.1, -0.05) is 44.7 Å². The molecule has 0 aliphatic carbocycles. The van der Waals surface area contributed by atoms with Crippen molar-refractivity contribution in [2.45, 2.75) is 19.8 Å². The molecule has 3 heteroatoms. The Morgan fingerprint density at radius 1 is 1.04 bits per heavy atom. The Kier molecular flexibility index (Phi) is 7.15. The summed E-state index contributed by atoms with van der Waals surface area (Å²) in [7, 11) is 1.65. The molecule has 3 nitrogen and oxygen atoms in total. The number of hydrogen-bond acceptors (Lipinski definition) is 3. The third-order valence-electron chi connectivity index (χ3n) is 3.87. The lowest BCUT2D eigenvalue weighted by Gasteiger charge is -2.14. The highest BCUT2D eigenvalue weighted by Crippen LogP contribution is 2.27. The van der Waals surface area contributed by atoms with E-state index in [0.717, 1.165) is 46.8 Å². The van der Waals surface area contributed by atoms with Crippen molar-refractivity contribution in [3.05, 3.63) is 66.7 Å². The van der Waals surface area contributed by atoms with Crippen LogP contribution in [0.5, 0.6) is 17.2 Å². The molecule has 0 unspecified atom stereocenters. The Morgan fingerprint density at radius 3 is 2.40 bits per heavy atom. The largest absolute Gasteiger partial charge is 0.497 e. The average molecular weight is 338 g/mol. The number of ether oxygens (including phenoxy) is 3. The highest BCUT2D eigenvalue weighted by atomic mass is 16.5. The molecular formula is C22H26O3. The van der Waals surface area contributed by atoms with E-state index in [4.69, 9.17) is 14.2 Å². The molecule has 0 radical (unpaired) electrons. The molecule has 2 aromatic rings. The van der Waals surface area contributed by atoms with Crippen LogP contribution in [0.15, 0.2) is 55.6 Å². The lowest BCUT2D eigenvalue weighted by molar-refractivity contribution is 0.305. The van der Waals surface area contributed by atoms with E-state index in [9.17, 15) is 0 Å². The molecule has 0 heterocycles. The van der Waals surface area contributed by atoms with Crippen LogP contribution in [0.25, 0.3) is 11.6 Å². The van der Waals surface area contributed by atoms with E-state index >= 15 is 0 Å². The standard InChI is InChI=1S/C22H26O3/c1-5-7-14-24-21-13-8-18(6-2)22(15-21)25-16-17(3)19-9-11-20(23-4)12-10-19/h6,8-13,15H,2-3,5,7,14,16H2,1,4H3. The van der Waals surface area contributed by atoms with E-state index < -0.39 is 0 Å². The van der Waals surface area contributed by atoms with Gasteiger partial charge in [-0.05, 0) is 41.8 Å². The van der Waals surface area contributed by atoms with Gasteiger partial charge in [0.05, 0.1) is 13.7 Å². The van der Waals surface area contributed by atoms with Crippen LogP contribution < -0.4 is 14.2 Å². The first kappa shape index (κ1) is 18.7. The minimum atomic E-state index is 0.394. The van der Waals surface area contributed by atoms with Crippen molar-refractivity contribution in [1.29, 1.82) is 0 Å². The molecule has 0 spiro atoms. The van der Waals surface area contributed by atoms with Gasteiger partial charge in [-0.15, -0.1) is 0 Å². The monoisotopic (exact) mass is 338 g/mol. The van der Waals surface area contributed by atoms with E-state index in [0.29, 0.717) is 13.2 Å². The first-order chi connectivity index (χ1) is 12.2. The van der Waals surface area contributed by atoms with Gasteiger partial charge in [-0.25, -0.2) is 0 Å². The Morgan fingerprint density at radius 2 is 1.76 bits per heavy atom. The quantitative estimate of drug-likeness (QED) is 0.527. The van der Waals surface area contributed by atoms with E-state index in [-0.39, 0.29) is 0 Å². The van der Waals surface area contributed by atoms with Crippen LogP contribution in [0.3, 0.4) is 0 Å². The van der Waals surface area contributed by atoms with Crippen LogP contribution in [0.1, 0.15) is 30.9 Å². The summed E-state index contributed by atoms with van der Waals surface area (Å²) in [5, 5.41) is 0. The first-order valence-corrected chi connectivity index (χ1v) is 8.52. The van der Waals surface area contributed by atoms with Gasteiger partial charge in [0.25, 0.3) is 0 Å². The number of benzene rings is 2. The fraction of sp³-hybridized carbons (Fsp3) is 0.273. The Labute approximate surface area is 150 Å². The summed E-state index contributed by atoms with van der Waals surface area (Å²) < 4.78 is 16.9. The van der Waals surface area contributed by atoms with Gasteiger partial charge in [0.2, 0.25) is 0 Å². The number of rotatable bonds is 10. The lowest BCUT2D eigenvalue weighted by atomic mass is 10.1. The molecule has 0 aliphatic rings. The maximum Gasteiger partial charge on any atom is 0.130 e. The third kappa shape index (κ3) is 5.42. The van der Waals surface area contributed by atoms with E-state index in [1.165, 1.54) is 0 Å². The molecule has 2 rings (SSSR count). The predicted octanol–water partition coefficient (Wildman–Crippen LogP) is 5.61. The lowest BCUT2D eigenvalue weighted by Crippen LogP contribution is -2.02. The zero-order chi connectivity index (χ0) is 18.1. The van der Waals surface area contributed by atoms with Gasteiger partial charge in [0.15, 0.2) is 0 Å². The van der Waals surface area contributed by atoms with Crippen molar-refractivity contribution in [2.75, 3.05) is 20.3 Å². The van der Waals surface area contributed by atoms with Crippen LogP contribution in [-0.4, -0.2) is 20.3 Å². The molecule has 0 saturated carbocycles. The summed E-state index contributed by atoms with van der Waals surface area (Å²) >= 11 is 0. The molecule has 0 bridgehead atoms. The topological polar surface area (TPSA) is 27.7 Å². The fourth-order valence-electron chi connectivity index (χ4n) is 2.31.